The number of ether oxygens (including phenoxy) is 2. The fraction of sp³-hybridized carbons (Fsp3) is 0.769. The number of aromatic nitrogens is 3. The number of rotatable bonds is 9. The molecule has 114 valence electrons. The molecule has 1 rings (SSSR count). The molecule has 0 atom stereocenters. The molecule has 1 heterocycles. The van der Waals surface area contributed by atoms with Gasteiger partial charge < -0.3 is 9.47 Å². The Kier molecular flexibility index (Phi) is 7.17. The van der Waals surface area contributed by atoms with Gasteiger partial charge in [-0.1, -0.05) is 0 Å². The Balaban J connectivity index is 2.63. The van der Waals surface area contributed by atoms with Crippen molar-refractivity contribution in [2.24, 2.45) is 0 Å². The molecule has 0 unspecified atom stereocenters. The van der Waals surface area contributed by atoms with Gasteiger partial charge >= 0.3 is 5.97 Å². The lowest BCUT2D eigenvalue weighted by atomic mass is 10.3. The Morgan fingerprint density at radius 1 is 1.40 bits per heavy atom. The van der Waals surface area contributed by atoms with Gasteiger partial charge in [0.15, 0.2) is 0 Å². The molecule has 0 aliphatic heterocycles. The maximum absolute atomic E-state index is 11.3. The molecule has 20 heavy (non-hydrogen) atoms. The monoisotopic (exact) mass is 284 g/mol. The van der Waals surface area contributed by atoms with Crippen LogP contribution in [0.15, 0.2) is 6.33 Å². The third-order valence-electron chi connectivity index (χ3n) is 2.97. The molecule has 1 aromatic heterocycles. The highest BCUT2D eigenvalue weighted by Crippen LogP contribution is 2.08. The second-order valence-electron chi connectivity index (χ2n) is 4.81. The van der Waals surface area contributed by atoms with Gasteiger partial charge in [0.2, 0.25) is 0 Å². The summed E-state index contributed by atoms with van der Waals surface area (Å²) in [5.74, 6) is 0.679. The smallest absolute Gasteiger partial charge is 0.306 e. The Morgan fingerprint density at radius 2 is 2.15 bits per heavy atom. The van der Waals surface area contributed by atoms with E-state index >= 15 is 0 Å². The average Bonchev–Trinajstić information content (AvgIpc) is 2.89. The normalized spacial score (nSPS) is 11.3. The Bertz CT molecular complexity index is 406. The van der Waals surface area contributed by atoms with Gasteiger partial charge in [0, 0.05) is 26.2 Å². The zero-order valence-electron chi connectivity index (χ0n) is 12.7. The standard InChI is InChI=1S/C13H24N4O3/c1-11(2)17-12(14-10-15-17)9-16(7-8-19-3)6-5-13(18)20-4/h10-11H,5-9H2,1-4H3. The molecular formula is C13H24N4O3. The van der Waals surface area contributed by atoms with Crippen molar-refractivity contribution in [1.82, 2.24) is 19.7 Å². The summed E-state index contributed by atoms with van der Waals surface area (Å²) in [5, 5.41) is 4.22. The highest BCUT2D eigenvalue weighted by atomic mass is 16.5. The van der Waals surface area contributed by atoms with Crippen LogP contribution in [0.5, 0.6) is 0 Å². The van der Waals surface area contributed by atoms with Gasteiger partial charge in [-0.25, -0.2) is 9.67 Å². The summed E-state index contributed by atoms with van der Waals surface area (Å²) >= 11 is 0. The first-order valence-corrected chi connectivity index (χ1v) is 6.75. The predicted octanol–water partition coefficient (Wildman–Crippen LogP) is 0.870. The van der Waals surface area contributed by atoms with E-state index in [0.717, 1.165) is 12.4 Å². The van der Waals surface area contributed by atoms with Crippen LogP contribution < -0.4 is 0 Å². The zero-order chi connectivity index (χ0) is 15.0. The fourth-order valence-corrected chi connectivity index (χ4v) is 1.86. The van der Waals surface area contributed by atoms with Crippen LogP contribution in [0.25, 0.3) is 0 Å². The minimum atomic E-state index is -0.210. The van der Waals surface area contributed by atoms with E-state index < -0.39 is 0 Å². The van der Waals surface area contributed by atoms with Crippen LogP contribution in [0.2, 0.25) is 0 Å². The van der Waals surface area contributed by atoms with Gasteiger partial charge in [-0.15, -0.1) is 0 Å². The lowest BCUT2D eigenvalue weighted by Crippen LogP contribution is -2.31. The van der Waals surface area contributed by atoms with Crippen LogP contribution in [-0.4, -0.2) is 59.5 Å². The van der Waals surface area contributed by atoms with Crippen molar-refractivity contribution in [1.29, 1.82) is 0 Å². The van der Waals surface area contributed by atoms with E-state index in [1.807, 2.05) is 4.68 Å². The van der Waals surface area contributed by atoms with Gasteiger partial charge in [0.25, 0.3) is 0 Å². The molecule has 0 N–H and O–H groups in total. The molecule has 7 heteroatoms. The van der Waals surface area contributed by atoms with E-state index in [4.69, 9.17) is 4.74 Å². The summed E-state index contributed by atoms with van der Waals surface area (Å²) < 4.78 is 11.7. The topological polar surface area (TPSA) is 69.5 Å². The fourth-order valence-electron chi connectivity index (χ4n) is 1.86. The van der Waals surface area contributed by atoms with Crippen molar-refractivity contribution in [2.45, 2.75) is 32.9 Å². The van der Waals surface area contributed by atoms with Gasteiger partial charge in [0.1, 0.15) is 12.2 Å². The molecule has 0 aliphatic rings. The van der Waals surface area contributed by atoms with E-state index in [0.29, 0.717) is 26.1 Å². The van der Waals surface area contributed by atoms with Crippen molar-refractivity contribution in [3.63, 3.8) is 0 Å². The third-order valence-corrected chi connectivity index (χ3v) is 2.97. The number of methoxy groups -OCH3 is 2. The molecule has 0 saturated carbocycles. The highest BCUT2D eigenvalue weighted by molar-refractivity contribution is 5.69. The SMILES string of the molecule is COCCN(CCC(=O)OC)Cc1ncnn1C(C)C. The van der Waals surface area contributed by atoms with Gasteiger partial charge in [-0.2, -0.15) is 5.10 Å². The Hall–Kier alpha value is -1.47. The molecular weight excluding hydrogens is 260 g/mol. The van der Waals surface area contributed by atoms with E-state index in [1.165, 1.54) is 7.11 Å². The average molecular weight is 284 g/mol. The van der Waals surface area contributed by atoms with E-state index in [1.54, 1.807) is 13.4 Å². The van der Waals surface area contributed by atoms with Crippen LogP contribution >= 0.6 is 0 Å². The Morgan fingerprint density at radius 3 is 2.75 bits per heavy atom. The number of esters is 1. The quantitative estimate of drug-likeness (QED) is 0.627. The maximum atomic E-state index is 11.3. The van der Waals surface area contributed by atoms with Crippen molar-refractivity contribution in [3.8, 4) is 0 Å². The van der Waals surface area contributed by atoms with Crippen LogP contribution in [0.3, 0.4) is 0 Å². The summed E-state index contributed by atoms with van der Waals surface area (Å²) in [6, 6.07) is 0.261. The van der Waals surface area contributed by atoms with Gasteiger partial charge in [-0.3, -0.25) is 9.69 Å². The molecule has 0 saturated heterocycles. The number of carbonyl (C=O) groups excluding carboxylic acids is 1. The largest absolute Gasteiger partial charge is 0.469 e. The summed E-state index contributed by atoms with van der Waals surface area (Å²) in [4.78, 5) is 17.7. The number of hydrogen-bond acceptors (Lipinski definition) is 6. The molecule has 0 fully saturated rings. The van der Waals surface area contributed by atoms with Crippen LogP contribution in [0, 0.1) is 0 Å². The number of hydrogen-bond donors (Lipinski definition) is 0. The molecule has 0 amide bonds. The van der Waals surface area contributed by atoms with Crippen molar-refractivity contribution in [2.75, 3.05) is 33.9 Å². The lowest BCUT2D eigenvalue weighted by Gasteiger charge is -2.21. The summed E-state index contributed by atoms with van der Waals surface area (Å²) in [6.45, 7) is 6.72. The van der Waals surface area contributed by atoms with Gasteiger partial charge in [0.05, 0.1) is 26.7 Å². The van der Waals surface area contributed by atoms with Crippen LogP contribution in [0.4, 0.5) is 0 Å². The molecule has 1 aromatic rings. The Labute approximate surface area is 119 Å². The molecule has 0 aliphatic carbocycles. The van der Waals surface area contributed by atoms with Crippen LogP contribution in [-0.2, 0) is 20.8 Å². The molecule has 7 nitrogen and oxygen atoms in total. The summed E-state index contributed by atoms with van der Waals surface area (Å²) in [6.07, 6.45) is 1.92. The molecule has 0 bridgehead atoms. The molecule has 0 radical (unpaired) electrons. The lowest BCUT2D eigenvalue weighted by molar-refractivity contribution is -0.141. The second kappa shape index (κ2) is 8.65. The highest BCUT2D eigenvalue weighted by Gasteiger charge is 2.14. The zero-order valence-corrected chi connectivity index (χ0v) is 12.7. The van der Waals surface area contributed by atoms with Crippen molar-refractivity contribution >= 4 is 5.97 Å². The molecule has 0 spiro atoms. The van der Waals surface area contributed by atoms with Gasteiger partial charge in [-0.05, 0) is 13.8 Å². The maximum Gasteiger partial charge on any atom is 0.306 e. The van der Waals surface area contributed by atoms with E-state index in [9.17, 15) is 4.79 Å². The summed E-state index contributed by atoms with van der Waals surface area (Å²) in [5.41, 5.74) is 0. The second-order valence-corrected chi connectivity index (χ2v) is 4.81. The van der Waals surface area contributed by atoms with Crippen molar-refractivity contribution in [3.05, 3.63) is 12.2 Å². The first kappa shape index (κ1) is 16.6. The van der Waals surface area contributed by atoms with Crippen LogP contribution in [0.1, 0.15) is 32.1 Å². The summed E-state index contributed by atoms with van der Waals surface area (Å²) in [7, 11) is 3.06. The van der Waals surface area contributed by atoms with E-state index in [2.05, 4.69) is 33.6 Å². The predicted molar refractivity (Wildman–Crippen MR) is 74.2 cm³/mol. The van der Waals surface area contributed by atoms with E-state index in [-0.39, 0.29) is 12.0 Å². The first-order valence-electron chi connectivity index (χ1n) is 6.75. The number of carbonyl (C=O) groups is 1. The third kappa shape index (κ3) is 5.26. The van der Waals surface area contributed by atoms with Crippen molar-refractivity contribution < 1.29 is 14.3 Å². The number of nitrogens with zero attached hydrogens (tertiary/aromatic N) is 4. The minimum absolute atomic E-state index is 0.210. The minimum Gasteiger partial charge on any atom is -0.469 e. The molecule has 0 aromatic carbocycles. The first-order chi connectivity index (χ1) is 9.58.